The molecule has 0 atom stereocenters. The first-order chi connectivity index (χ1) is 14.6. The molecule has 0 radical (unpaired) electrons. The van der Waals surface area contributed by atoms with Gasteiger partial charge < -0.3 is 9.73 Å². The smallest absolute Gasteiger partial charge is 0.220 e. The lowest BCUT2D eigenvalue weighted by Gasteiger charge is -2.06. The highest BCUT2D eigenvalue weighted by molar-refractivity contribution is 5.76. The summed E-state index contributed by atoms with van der Waals surface area (Å²) in [7, 11) is 0. The van der Waals surface area contributed by atoms with Gasteiger partial charge in [0.25, 0.3) is 0 Å². The van der Waals surface area contributed by atoms with E-state index in [2.05, 4.69) is 20.3 Å². The molecule has 1 N–H and O–H groups in total. The Morgan fingerprint density at radius 2 is 2.03 bits per heavy atom. The number of imidazole rings is 1. The van der Waals surface area contributed by atoms with Gasteiger partial charge in [0.05, 0.1) is 11.8 Å². The van der Waals surface area contributed by atoms with Crippen molar-refractivity contribution < 1.29 is 18.0 Å². The number of nitrogens with zero attached hydrogens (tertiary/aromatic N) is 4. The van der Waals surface area contributed by atoms with Gasteiger partial charge in [-0.05, 0) is 23.8 Å². The first-order valence-electron chi connectivity index (χ1n) is 9.18. The molecule has 9 heteroatoms. The summed E-state index contributed by atoms with van der Waals surface area (Å²) in [6, 6.07) is 6.92. The molecule has 3 heterocycles. The molecule has 1 aromatic carbocycles. The SMILES string of the molecule is O=C(CCc1ncc(-c2ccc(F)cc2F)o1)NCc1ccc(-n2ccnc2)nc1. The maximum absolute atomic E-state index is 13.8. The van der Waals surface area contributed by atoms with Gasteiger partial charge in [0.15, 0.2) is 11.7 Å². The van der Waals surface area contributed by atoms with Crippen molar-refractivity contribution in [3.63, 3.8) is 0 Å². The number of hydrogen-bond acceptors (Lipinski definition) is 5. The minimum absolute atomic E-state index is 0.117. The Labute approximate surface area is 170 Å². The van der Waals surface area contributed by atoms with Crippen molar-refractivity contribution in [1.82, 2.24) is 24.8 Å². The number of amides is 1. The van der Waals surface area contributed by atoms with Crippen molar-refractivity contribution in [3.8, 4) is 17.1 Å². The van der Waals surface area contributed by atoms with Gasteiger partial charge in [-0.2, -0.15) is 0 Å². The topological polar surface area (TPSA) is 85.8 Å². The van der Waals surface area contributed by atoms with Crippen molar-refractivity contribution >= 4 is 5.91 Å². The van der Waals surface area contributed by atoms with Crippen LogP contribution in [0.25, 0.3) is 17.1 Å². The van der Waals surface area contributed by atoms with Crippen LogP contribution in [-0.2, 0) is 17.8 Å². The predicted octanol–water partition coefficient (Wildman–Crippen LogP) is 3.45. The normalized spacial score (nSPS) is 10.9. The highest BCUT2D eigenvalue weighted by Gasteiger charge is 2.13. The highest BCUT2D eigenvalue weighted by Crippen LogP contribution is 2.24. The van der Waals surface area contributed by atoms with Gasteiger partial charge in [-0.25, -0.2) is 23.7 Å². The third-order valence-electron chi connectivity index (χ3n) is 4.38. The molecule has 0 fully saturated rings. The number of pyridine rings is 1. The number of rotatable bonds is 7. The second-order valence-electron chi connectivity index (χ2n) is 6.51. The fourth-order valence-electron chi connectivity index (χ4n) is 2.82. The number of aromatic nitrogens is 4. The molecule has 0 unspecified atom stereocenters. The maximum Gasteiger partial charge on any atom is 0.220 e. The maximum atomic E-state index is 13.8. The predicted molar refractivity (Wildman–Crippen MR) is 103 cm³/mol. The van der Waals surface area contributed by atoms with E-state index in [9.17, 15) is 13.6 Å². The van der Waals surface area contributed by atoms with Crippen molar-refractivity contribution in [1.29, 1.82) is 0 Å². The number of carbonyl (C=O) groups excluding carboxylic acids is 1. The van der Waals surface area contributed by atoms with Crippen molar-refractivity contribution in [2.24, 2.45) is 0 Å². The standard InChI is InChI=1S/C21H17F2N5O2/c22-15-2-3-16(17(23)9-15)18-12-27-21(30-18)6-5-20(29)26-11-14-1-4-19(25-10-14)28-8-7-24-13-28/h1-4,7-10,12-13H,5-6,11H2,(H,26,29). The summed E-state index contributed by atoms with van der Waals surface area (Å²) in [4.78, 5) is 24.5. The van der Waals surface area contributed by atoms with Crippen LogP contribution in [-0.4, -0.2) is 25.4 Å². The molecule has 1 amide bonds. The molecule has 0 aliphatic heterocycles. The van der Waals surface area contributed by atoms with Gasteiger partial charge in [-0.15, -0.1) is 0 Å². The summed E-state index contributed by atoms with van der Waals surface area (Å²) >= 11 is 0. The molecule has 0 aliphatic carbocycles. The Morgan fingerprint density at radius 3 is 2.77 bits per heavy atom. The number of nitrogens with one attached hydrogen (secondary N) is 1. The third-order valence-corrected chi connectivity index (χ3v) is 4.38. The van der Waals surface area contributed by atoms with E-state index in [0.717, 1.165) is 23.5 Å². The van der Waals surface area contributed by atoms with Gasteiger partial charge in [0, 0.05) is 44.0 Å². The molecule has 4 aromatic rings. The molecular weight excluding hydrogens is 392 g/mol. The van der Waals surface area contributed by atoms with E-state index in [-0.39, 0.29) is 30.1 Å². The lowest BCUT2D eigenvalue weighted by atomic mass is 10.2. The van der Waals surface area contributed by atoms with E-state index < -0.39 is 11.6 Å². The highest BCUT2D eigenvalue weighted by atomic mass is 19.1. The number of benzene rings is 1. The summed E-state index contributed by atoms with van der Waals surface area (Å²) in [6.07, 6.45) is 8.58. The summed E-state index contributed by atoms with van der Waals surface area (Å²) in [5.41, 5.74) is 0.976. The summed E-state index contributed by atoms with van der Waals surface area (Å²) < 4.78 is 34.1. The number of hydrogen-bond donors (Lipinski definition) is 1. The lowest BCUT2D eigenvalue weighted by molar-refractivity contribution is -0.121. The van der Waals surface area contributed by atoms with E-state index in [4.69, 9.17) is 4.42 Å². The quantitative estimate of drug-likeness (QED) is 0.505. The first kappa shape index (κ1) is 19.4. The van der Waals surface area contributed by atoms with Crippen LogP contribution < -0.4 is 5.32 Å². The average molecular weight is 409 g/mol. The van der Waals surface area contributed by atoms with Crippen LogP contribution in [0.2, 0.25) is 0 Å². The molecule has 30 heavy (non-hydrogen) atoms. The number of aryl methyl sites for hydroxylation is 1. The molecule has 7 nitrogen and oxygen atoms in total. The number of oxazole rings is 1. The summed E-state index contributed by atoms with van der Waals surface area (Å²) in [6.45, 7) is 0.341. The molecule has 4 rings (SSSR count). The minimum atomic E-state index is -0.733. The van der Waals surface area contributed by atoms with Crippen LogP contribution in [0.1, 0.15) is 17.9 Å². The lowest BCUT2D eigenvalue weighted by Crippen LogP contribution is -2.23. The van der Waals surface area contributed by atoms with Crippen molar-refractivity contribution in [2.45, 2.75) is 19.4 Å². The summed E-state index contributed by atoms with van der Waals surface area (Å²) in [5.74, 6) is -0.356. The van der Waals surface area contributed by atoms with Gasteiger partial charge in [0.1, 0.15) is 23.8 Å². The van der Waals surface area contributed by atoms with E-state index >= 15 is 0 Å². The zero-order valence-electron chi connectivity index (χ0n) is 15.8. The van der Waals surface area contributed by atoms with Crippen LogP contribution in [0, 0.1) is 11.6 Å². The zero-order chi connectivity index (χ0) is 20.9. The van der Waals surface area contributed by atoms with Gasteiger partial charge >= 0.3 is 0 Å². The Hall–Kier alpha value is -3.88. The van der Waals surface area contributed by atoms with E-state index in [1.807, 2.05) is 12.1 Å². The Morgan fingerprint density at radius 1 is 1.13 bits per heavy atom. The average Bonchev–Trinajstić information content (AvgIpc) is 3.43. The van der Waals surface area contributed by atoms with E-state index in [1.165, 1.54) is 12.3 Å². The van der Waals surface area contributed by atoms with E-state index in [1.54, 1.807) is 29.5 Å². The molecule has 0 aliphatic rings. The Kier molecular flexibility index (Phi) is 5.60. The van der Waals surface area contributed by atoms with Crippen LogP contribution >= 0.6 is 0 Å². The summed E-state index contributed by atoms with van der Waals surface area (Å²) in [5, 5.41) is 2.81. The molecule has 0 saturated carbocycles. The fraction of sp³-hybridized carbons (Fsp3) is 0.143. The molecular formula is C21H17F2N5O2. The number of halogens is 2. The molecule has 152 valence electrons. The van der Waals surface area contributed by atoms with Crippen molar-refractivity contribution in [3.05, 3.63) is 84.5 Å². The minimum Gasteiger partial charge on any atom is -0.441 e. The molecule has 3 aromatic heterocycles. The van der Waals surface area contributed by atoms with Gasteiger partial charge in [0.2, 0.25) is 5.91 Å². The number of carbonyl (C=O) groups is 1. The second-order valence-corrected chi connectivity index (χ2v) is 6.51. The van der Waals surface area contributed by atoms with Crippen LogP contribution in [0.3, 0.4) is 0 Å². The third kappa shape index (κ3) is 4.57. The molecule has 0 bridgehead atoms. The zero-order valence-corrected chi connectivity index (χ0v) is 15.8. The monoisotopic (exact) mass is 409 g/mol. The van der Waals surface area contributed by atoms with Gasteiger partial charge in [-0.1, -0.05) is 6.07 Å². The Balaban J connectivity index is 1.27. The molecule has 0 spiro atoms. The largest absolute Gasteiger partial charge is 0.441 e. The Bertz CT molecular complexity index is 1140. The van der Waals surface area contributed by atoms with Gasteiger partial charge in [-0.3, -0.25) is 9.36 Å². The fourth-order valence-corrected chi connectivity index (χ4v) is 2.82. The first-order valence-corrected chi connectivity index (χ1v) is 9.18. The second kappa shape index (κ2) is 8.64. The molecule has 0 saturated heterocycles. The van der Waals surface area contributed by atoms with E-state index in [0.29, 0.717) is 12.4 Å². The van der Waals surface area contributed by atoms with Crippen LogP contribution in [0.4, 0.5) is 8.78 Å². The van der Waals surface area contributed by atoms with Crippen LogP contribution in [0.5, 0.6) is 0 Å². The van der Waals surface area contributed by atoms with Crippen molar-refractivity contribution in [2.75, 3.05) is 0 Å². The van der Waals surface area contributed by atoms with Crippen LogP contribution in [0.15, 0.2) is 65.9 Å².